The number of hydrogen-bond acceptors (Lipinski definition) is 5. The molecule has 3 aromatic rings. The van der Waals surface area contributed by atoms with Crippen molar-refractivity contribution in [2.45, 2.75) is 19.9 Å². The van der Waals surface area contributed by atoms with Crippen molar-refractivity contribution in [1.82, 2.24) is 4.98 Å². The zero-order valence-electron chi connectivity index (χ0n) is 15.7. The van der Waals surface area contributed by atoms with Crippen LogP contribution < -0.4 is 4.90 Å². The molecule has 0 saturated carbocycles. The number of anilines is 1. The fourth-order valence-electron chi connectivity index (χ4n) is 3.46. The lowest BCUT2D eigenvalue weighted by Crippen LogP contribution is -2.29. The topological polar surface area (TPSA) is 70.5 Å². The van der Waals surface area contributed by atoms with Gasteiger partial charge in [0, 0.05) is 21.6 Å². The zero-order chi connectivity index (χ0) is 20.7. The van der Waals surface area contributed by atoms with Crippen LogP contribution in [-0.4, -0.2) is 21.8 Å². The molecule has 0 aliphatic carbocycles. The number of aliphatic hydroxyl groups is 1. The van der Waals surface area contributed by atoms with E-state index >= 15 is 0 Å². The van der Waals surface area contributed by atoms with E-state index in [0.717, 1.165) is 21.2 Å². The second kappa shape index (κ2) is 7.57. The van der Waals surface area contributed by atoms with Crippen LogP contribution in [0.1, 0.15) is 28.3 Å². The number of thiazole rings is 1. The lowest BCUT2D eigenvalue weighted by atomic mass is 9.93. The number of ketones is 1. The Balaban J connectivity index is 1.97. The van der Waals surface area contributed by atoms with E-state index in [-0.39, 0.29) is 11.3 Å². The fourth-order valence-corrected chi connectivity index (χ4v) is 4.39. The number of aryl methyl sites for hydroxylation is 2. The normalized spacial score (nSPS) is 18.4. The van der Waals surface area contributed by atoms with Gasteiger partial charge in [-0.15, -0.1) is 11.3 Å². The van der Waals surface area contributed by atoms with Gasteiger partial charge in [0.2, 0.25) is 0 Å². The van der Waals surface area contributed by atoms with E-state index in [1.807, 2.05) is 56.3 Å². The van der Waals surface area contributed by atoms with Crippen LogP contribution in [0.2, 0.25) is 0 Å². The van der Waals surface area contributed by atoms with Crippen molar-refractivity contribution in [2.75, 3.05) is 4.90 Å². The Morgan fingerprint density at radius 2 is 1.86 bits per heavy atom. The third-order valence-corrected chi connectivity index (χ3v) is 6.20. The summed E-state index contributed by atoms with van der Waals surface area (Å²) in [5.41, 5.74) is 3.11. The number of Topliss-reactive ketones (excluding diaryl/α,β-unsaturated/α-hetero) is 1. The van der Waals surface area contributed by atoms with Crippen molar-refractivity contribution in [3.8, 4) is 0 Å². The second-order valence-electron chi connectivity index (χ2n) is 6.85. The first-order chi connectivity index (χ1) is 13.9. The Labute approximate surface area is 180 Å². The predicted octanol–water partition coefficient (Wildman–Crippen LogP) is 5.15. The minimum absolute atomic E-state index is 0.0706. The molecule has 5 nitrogen and oxygen atoms in total. The molecule has 1 saturated heterocycles. The van der Waals surface area contributed by atoms with E-state index in [4.69, 9.17) is 0 Å². The smallest absolute Gasteiger partial charge is 0.301 e. The predicted molar refractivity (Wildman–Crippen MR) is 117 cm³/mol. The number of benzene rings is 2. The number of hydrogen-bond donors (Lipinski definition) is 1. The van der Waals surface area contributed by atoms with E-state index in [1.165, 1.54) is 16.2 Å². The first-order valence-corrected chi connectivity index (χ1v) is 10.6. The summed E-state index contributed by atoms with van der Waals surface area (Å²) in [4.78, 5) is 31.6. The molecule has 1 aliphatic rings. The summed E-state index contributed by atoms with van der Waals surface area (Å²) in [6.45, 7) is 3.77. The molecule has 0 bridgehead atoms. The standard InChI is InChI=1S/C22H17BrN2O3S/c1-12-3-4-13(2)16(11-12)19(26)17-18(14-5-7-15(23)8-6-14)25(21(28)20(17)27)22-24-9-10-29-22/h3-11,18,26H,1-2H3/b19-17+. The highest BCUT2D eigenvalue weighted by Crippen LogP contribution is 2.43. The molecular formula is C22H17BrN2O3S. The second-order valence-corrected chi connectivity index (χ2v) is 8.64. The van der Waals surface area contributed by atoms with Crippen molar-refractivity contribution < 1.29 is 14.7 Å². The quantitative estimate of drug-likeness (QED) is 0.327. The molecule has 29 heavy (non-hydrogen) atoms. The van der Waals surface area contributed by atoms with Gasteiger partial charge >= 0.3 is 5.91 Å². The van der Waals surface area contributed by atoms with Gasteiger partial charge in [-0.2, -0.15) is 0 Å². The van der Waals surface area contributed by atoms with E-state index in [9.17, 15) is 14.7 Å². The highest BCUT2D eigenvalue weighted by molar-refractivity contribution is 9.10. The highest BCUT2D eigenvalue weighted by Gasteiger charge is 2.48. The van der Waals surface area contributed by atoms with E-state index in [1.54, 1.807) is 11.6 Å². The summed E-state index contributed by atoms with van der Waals surface area (Å²) in [5.74, 6) is -1.58. The van der Waals surface area contributed by atoms with Crippen LogP contribution in [0.5, 0.6) is 0 Å². The number of amides is 1. The first kappa shape index (κ1) is 19.5. The molecule has 1 unspecified atom stereocenters. The SMILES string of the molecule is Cc1ccc(C)c(/C(O)=C2\C(=O)C(=O)N(c3nccs3)C2c2ccc(Br)cc2)c1. The Kier molecular flexibility index (Phi) is 5.10. The van der Waals surface area contributed by atoms with Crippen molar-refractivity contribution in [2.24, 2.45) is 0 Å². The molecule has 1 N–H and O–H groups in total. The molecule has 0 spiro atoms. The molecule has 1 aromatic heterocycles. The molecule has 7 heteroatoms. The third-order valence-electron chi connectivity index (χ3n) is 4.90. The molecule has 0 radical (unpaired) electrons. The van der Waals surface area contributed by atoms with Crippen molar-refractivity contribution in [3.05, 3.63) is 86.3 Å². The van der Waals surface area contributed by atoms with Crippen molar-refractivity contribution >= 4 is 49.8 Å². The summed E-state index contributed by atoms with van der Waals surface area (Å²) in [5, 5.41) is 13.3. The number of halogens is 1. The third kappa shape index (κ3) is 3.41. The molecular weight excluding hydrogens is 452 g/mol. The minimum atomic E-state index is -0.755. The lowest BCUT2D eigenvalue weighted by Gasteiger charge is -2.23. The van der Waals surface area contributed by atoms with Crippen LogP contribution in [0, 0.1) is 13.8 Å². The van der Waals surface area contributed by atoms with Gasteiger partial charge < -0.3 is 5.11 Å². The Morgan fingerprint density at radius 1 is 1.14 bits per heavy atom. The molecule has 1 atom stereocenters. The van der Waals surface area contributed by atoms with Crippen molar-refractivity contribution in [3.63, 3.8) is 0 Å². The molecule has 146 valence electrons. The minimum Gasteiger partial charge on any atom is -0.507 e. The number of carbonyl (C=O) groups excluding carboxylic acids is 2. The number of aliphatic hydroxyl groups excluding tert-OH is 1. The van der Waals surface area contributed by atoms with E-state index in [0.29, 0.717) is 10.7 Å². The van der Waals surface area contributed by atoms with E-state index < -0.39 is 17.7 Å². The van der Waals surface area contributed by atoms with Gasteiger partial charge in [0.1, 0.15) is 5.76 Å². The van der Waals surface area contributed by atoms with Crippen LogP contribution in [0.15, 0.2) is 64.1 Å². The molecule has 4 rings (SSSR count). The number of rotatable bonds is 3. The molecule has 1 fully saturated rings. The Bertz CT molecular complexity index is 1140. The first-order valence-electron chi connectivity index (χ1n) is 8.92. The summed E-state index contributed by atoms with van der Waals surface area (Å²) < 4.78 is 0.877. The Morgan fingerprint density at radius 3 is 2.52 bits per heavy atom. The maximum absolute atomic E-state index is 13.0. The average Bonchev–Trinajstić information content (AvgIpc) is 3.31. The van der Waals surface area contributed by atoms with Gasteiger partial charge in [0.05, 0.1) is 11.6 Å². The maximum atomic E-state index is 13.0. The van der Waals surface area contributed by atoms with Crippen LogP contribution in [0.25, 0.3) is 5.76 Å². The van der Waals surface area contributed by atoms with Crippen LogP contribution in [0.3, 0.4) is 0 Å². The monoisotopic (exact) mass is 468 g/mol. The molecule has 2 aromatic carbocycles. The van der Waals surface area contributed by atoms with Crippen LogP contribution >= 0.6 is 27.3 Å². The zero-order valence-corrected chi connectivity index (χ0v) is 18.1. The van der Waals surface area contributed by atoms with E-state index in [2.05, 4.69) is 20.9 Å². The van der Waals surface area contributed by atoms with Crippen LogP contribution in [-0.2, 0) is 9.59 Å². The van der Waals surface area contributed by atoms with Gasteiger partial charge in [-0.3, -0.25) is 14.5 Å². The van der Waals surface area contributed by atoms with Gasteiger partial charge in [0.15, 0.2) is 5.13 Å². The number of aromatic nitrogens is 1. The maximum Gasteiger partial charge on any atom is 0.301 e. The summed E-state index contributed by atoms with van der Waals surface area (Å²) in [6, 6.07) is 12.2. The summed E-state index contributed by atoms with van der Waals surface area (Å²) >= 11 is 4.68. The van der Waals surface area contributed by atoms with Gasteiger partial charge in [-0.1, -0.05) is 45.8 Å². The number of nitrogens with zero attached hydrogens (tertiary/aromatic N) is 2. The fraction of sp³-hybridized carbons (Fsp3) is 0.136. The molecule has 1 aliphatic heterocycles. The average molecular weight is 469 g/mol. The van der Waals surface area contributed by atoms with Crippen LogP contribution in [0.4, 0.5) is 5.13 Å². The van der Waals surface area contributed by atoms with Gasteiger partial charge in [-0.25, -0.2) is 4.98 Å². The summed E-state index contributed by atoms with van der Waals surface area (Å²) in [7, 11) is 0. The largest absolute Gasteiger partial charge is 0.507 e. The van der Waals surface area contributed by atoms with Gasteiger partial charge in [-0.05, 0) is 43.2 Å². The summed E-state index contributed by atoms with van der Waals surface area (Å²) in [6.07, 6.45) is 1.59. The van der Waals surface area contributed by atoms with Crippen molar-refractivity contribution in [1.29, 1.82) is 0 Å². The molecule has 1 amide bonds. The number of carbonyl (C=O) groups is 2. The lowest BCUT2D eigenvalue weighted by molar-refractivity contribution is -0.132. The van der Waals surface area contributed by atoms with Gasteiger partial charge in [0.25, 0.3) is 5.78 Å². The Hall–Kier alpha value is -2.77. The highest BCUT2D eigenvalue weighted by atomic mass is 79.9. The molecule has 2 heterocycles.